The largest absolute Gasteiger partial charge is 0.503 e. The number of amides is 1. The van der Waals surface area contributed by atoms with E-state index in [9.17, 15) is 14.7 Å². The van der Waals surface area contributed by atoms with Crippen molar-refractivity contribution in [1.82, 2.24) is 4.98 Å². The van der Waals surface area contributed by atoms with Gasteiger partial charge in [0.2, 0.25) is 5.78 Å². The number of rotatable bonds is 7. The molecular weight excluding hydrogens is 516 g/mol. The fourth-order valence-electron chi connectivity index (χ4n) is 4.83. The smallest absolute Gasteiger partial charge is 0.296 e. The number of aryl methyl sites for hydroxylation is 1. The third-order valence-electron chi connectivity index (χ3n) is 6.65. The second-order valence-corrected chi connectivity index (χ2v) is 10.1. The van der Waals surface area contributed by atoms with Crippen LogP contribution >= 0.6 is 11.3 Å². The Balaban J connectivity index is 1.49. The number of anilines is 1. The Morgan fingerprint density at radius 1 is 1.13 bits per heavy atom. The third-order valence-corrected chi connectivity index (χ3v) is 7.67. The molecule has 8 nitrogen and oxygen atoms in total. The lowest BCUT2D eigenvalue weighted by molar-refractivity contribution is -0.117. The van der Waals surface area contributed by atoms with Crippen molar-refractivity contribution in [1.29, 1.82) is 0 Å². The van der Waals surface area contributed by atoms with Gasteiger partial charge in [0.05, 0.1) is 35.5 Å². The molecule has 0 aliphatic carbocycles. The van der Waals surface area contributed by atoms with Gasteiger partial charge in [0.1, 0.15) is 5.75 Å². The van der Waals surface area contributed by atoms with Crippen LogP contribution < -0.4 is 14.4 Å². The SMILES string of the molecule is CCOc1ccc(C2C(C(=O)c3cc4cccc(OC)c4o3)=C(O)C(=O)N2c2nc3ccc(C)cc3s2)cc1. The molecule has 196 valence electrons. The van der Waals surface area contributed by atoms with Gasteiger partial charge in [-0.1, -0.05) is 41.7 Å². The summed E-state index contributed by atoms with van der Waals surface area (Å²) in [5.41, 5.74) is 2.72. The zero-order valence-electron chi connectivity index (χ0n) is 21.4. The standard InChI is InChI=1S/C30H24N2O6S/c1-4-37-19-11-9-17(10-12-19)25-24(26(33)22-15-18-6-5-7-21(36-3)28(18)38-22)27(34)29(35)32(25)30-31-20-13-8-16(2)14-23(20)39-30/h5-15,25,34H,4H2,1-3H3. The zero-order chi connectivity index (χ0) is 27.3. The van der Waals surface area contributed by atoms with Gasteiger partial charge in [0.15, 0.2) is 28.0 Å². The molecule has 39 heavy (non-hydrogen) atoms. The van der Waals surface area contributed by atoms with Gasteiger partial charge in [0.25, 0.3) is 5.91 Å². The molecule has 0 saturated heterocycles. The molecule has 3 heterocycles. The predicted octanol–water partition coefficient (Wildman–Crippen LogP) is 6.54. The van der Waals surface area contributed by atoms with Gasteiger partial charge in [0, 0.05) is 5.39 Å². The molecule has 0 saturated carbocycles. The Kier molecular flexibility index (Phi) is 6.07. The number of ketones is 1. The van der Waals surface area contributed by atoms with E-state index >= 15 is 0 Å². The third kappa shape index (κ3) is 4.11. The van der Waals surface area contributed by atoms with Crippen molar-refractivity contribution < 1.29 is 28.6 Å². The maximum atomic E-state index is 13.9. The van der Waals surface area contributed by atoms with Crippen LogP contribution in [-0.4, -0.2) is 35.5 Å². The number of furan rings is 1. The summed E-state index contributed by atoms with van der Waals surface area (Å²) in [6.07, 6.45) is 0. The molecule has 0 bridgehead atoms. The fraction of sp³-hybridized carbons (Fsp3) is 0.167. The molecule has 0 fully saturated rings. The van der Waals surface area contributed by atoms with Crippen molar-refractivity contribution in [2.45, 2.75) is 19.9 Å². The molecule has 6 rings (SSSR count). The van der Waals surface area contributed by atoms with Crippen LogP contribution in [0.3, 0.4) is 0 Å². The maximum absolute atomic E-state index is 13.9. The lowest BCUT2D eigenvalue weighted by Crippen LogP contribution is -2.30. The van der Waals surface area contributed by atoms with Crippen LogP contribution in [0.1, 0.15) is 34.6 Å². The number of aliphatic hydroxyl groups excluding tert-OH is 1. The number of methoxy groups -OCH3 is 1. The molecular formula is C30H24N2O6S. The Labute approximate surface area is 227 Å². The monoisotopic (exact) mass is 540 g/mol. The summed E-state index contributed by atoms with van der Waals surface area (Å²) in [6, 6.07) is 18.9. The zero-order valence-corrected chi connectivity index (χ0v) is 22.2. The van der Waals surface area contributed by atoms with Crippen LogP contribution in [0.4, 0.5) is 5.13 Å². The molecule has 1 aliphatic rings. The van der Waals surface area contributed by atoms with Crippen LogP contribution in [0.25, 0.3) is 21.2 Å². The number of carbonyl (C=O) groups excluding carboxylic acids is 2. The molecule has 1 aliphatic heterocycles. The molecule has 0 spiro atoms. The molecule has 0 radical (unpaired) electrons. The highest BCUT2D eigenvalue weighted by atomic mass is 32.1. The van der Waals surface area contributed by atoms with Crippen molar-refractivity contribution in [3.63, 3.8) is 0 Å². The predicted molar refractivity (Wildman–Crippen MR) is 149 cm³/mol. The fourth-order valence-corrected chi connectivity index (χ4v) is 5.92. The van der Waals surface area contributed by atoms with Crippen LogP contribution in [-0.2, 0) is 4.79 Å². The van der Waals surface area contributed by atoms with Crippen molar-refractivity contribution in [3.05, 3.63) is 94.9 Å². The summed E-state index contributed by atoms with van der Waals surface area (Å²) >= 11 is 1.32. The first-order valence-electron chi connectivity index (χ1n) is 12.4. The van der Waals surface area contributed by atoms with Gasteiger partial charge in [-0.2, -0.15) is 0 Å². The van der Waals surface area contributed by atoms with E-state index < -0.39 is 23.5 Å². The van der Waals surface area contributed by atoms with E-state index in [1.54, 1.807) is 48.5 Å². The molecule has 1 amide bonds. The number of ether oxygens (including phenoxy) is 2. The molecule has 1 unspecified atom stereocenters. The Bertz CT molecular complexity index is 1780. The quantitative estimate of drug-likeness (QED) is 0.234. The number of benzene rings is 3. The van der Waals surface area contributed by atoms with Gasteiger partial charge >= 0.3 is 0 Å². The highest BCUT2D eigenvalue weighted by Crippen LogP contribution is 2.45. The van der Waals surface area contributed by atoms with Crippen molar-refractivity contribution in [2.24, 2.45) is 0 Å². The number of Topliss-reactive ketones (excluding diaryl/α,β-unsaturated/α-hetero) is 1. The number of nitrogens with zero attached hydrogens (tertiary/aromatic N) is 2. The molecule has 5 aromatic rings. The summed E-state index contributed by atoms with van der Waals surface area (Å²) in [6.45, 7) is 4.37. The Morgan fingerprint density at radius 3 is 2.67 bits per heavy atom. The average molecular weight is 541 g/mol. The van der Waals surface area contributed by atoms with E-state index in [1.165, 1.54) is 23.3 Å². The van der Waals surface area contributed by atoms with Gasteiger partial charge in [-0.25, -0.2) is 4.98 Å². The summed E-state index contributed by atoms with van der Waals surface area (Å²) in [5, 5.41) is 12.2. The second kappa shape index (κ2) is 9.59. The first kappa shape index (κ1) is 24.7. The highest BCUT2D eigenvalue weighted by molar-refractivity contribution is 7.22. The van der Waals surface area contributed by atoms with E-state index in [2.05, 4.69) is 4.98 Å². The van der Waals surface area contributed by atoms with E-state index in [1.807, 2.05) is 32.0 Å². The molecule has 2 aromatic heterocycles. The maximum Gasteiger partial charge on any atom is 0.296 e. The second-order valence-electron chi connectivity index (χ2n) is 9.13. The number of carbonyl (C=O) groups is 2. The number of para-hydroxylation sites is 1. The van der Waals surface area contributed by atoms with Crippen molar-refractivity contribution in [2.75, 3.05) is 18.6 Å². The normalized spacial score (nSPS) is 15.5. The van der Waals surface area contributed by atoms with Gasteiger partial charge in [-0.3, -0.25) is 14.5 Å². The van der Waals surface area contributed by atoms with Crippen molar-refractivity contribution >= 4 is 49.3 Å². The van der Waals surface area contributed by atoms with Gasteiger partial charge < -0.3 is 19.0 Å². The number of hydrogen-bond donors (Lipinski definition) is 1. The number of aliphatic hydroxyl groups is 1. The Morgan fingerprint density at radius 2 is 1.92 bits per heavy atom. The van der Waals surface area contributed by atoms with Crippen LogP contribution in [0.2, 0.25) is 0 Å². The van der Waals surface area contributed by atoms with E-state index in [4.69, 9.17) is 13.9 Å². The number of hydrogen-bond acceptors (Lipinski definition) is 8. The molecule has 1 atom stereocenters. The van der Waals surface area contributed by atoms with Crippen LogP contribution in [0.15, 0.2) is 82.5 Å². The topological polar surface area (TPSA) is 102 Å². The van der Waals surface area contributed by atoms with E-state index in [0.29, 0.717) is 39.8 Å². The van der Waals surface area contributed by atoms with Crippen LogP contribution in [0, 0.1) is 6.92 Å². The molecule has 9 heteroatoms. The molecule has 1 N–H and O–H groups in total. The first-order chi connectivity index (χ1) is 18.9. The minimum atomic E-state index is -0.933. The molecule has 3 aromatic carbocycles. The first-order valence-corrected chi connectivity index (χ1v) is 13.2. The van der Waals surface area contributed by atoms with E-state index in [-0.39, 0.29) is 11.3 Å². The summed E-state index contributed by atoms with van der Waals surface area (Å²) in [4.78, 5) is 33.6. The summed E-state index contributed by atoms with van der Waals surface area (Å²) in [5.74, 6) is -0.831. The number of thiazole rings is 1. The number of aromatic nitrogens is 1. The summed E-state index contributed by atoms with van der Waals surface area (Å²) < 4.78 is 17.7. The van der Waals surface area contributed by atoms with Crippen molar-refractivity contribution in [3.8, 4) is 11.5 Å². The van der Waals surface area contributed by atoms with Gasteiger partial charge in [-0.05, 0) is 61.4 Å². The Hall–Kier alpha value is -4.63. The minimum Gasteiger partial charge on any atom is -0.503 e. The lowest BCUT2D eigenvalue weighted by atomic mass is 9.95. The van der Waals surface area contributed by atoms with E-state index in [0.717, 1.165) is 15.8 Å². The minimum absolute atomic E-state index is 0.0124. The average Bonchev–Trinajstić information content (AvgIpc) is 3.63. The lowest BCUT2D eigenvalue weighted by Gasteiger charge is -2.24. The highest BCUT2D eigenvalue weighted by Gasteiger charge is 2.46. The van der Waals surface area contributed by atoms with Crippen LogP contribution in [0.5, 0.6) is 11.5 Å². The van der Waals surface area contributed by atoms with Gasteiger partial charge in [-0.15, -0.1) is 0 Å². The summed E-state index contributed by atoms with van der Waals surface area (Å²) in [7, 11) is 1.52. The number of fused-ring (bicyclic) bond motifs is 2.